The molecule has 7 heteroatoms. The minimum Gasteiger partial charge on any atom is -0.331 e. The molecule has 0 unspecified atom stereocenters. The SMILES string of the molecule is S=C(NNc1nc2ccncc2[nH]1)Nc1ccccc1. The maximum absolute atomic E-state index is 5.18. The number of anilines is 2. The fourth-order valence-electron chi connectivity index (χ4n) is 1.72. The summed E-state index contributed by atoms with van der Waals surface area (Å²) >= 11 is 5.18. The fourth-order valence-corrected chi connectivity index (χ4v) is 1.88. The molecule has 3 aromatic rings. The molecule has 0 bridgehead atoms. The Morgan fingerprint density at radius 2 is 2.00 bits per heavy atom. The van der Waals surface area contributed by atoms with E-state index in [9.17, 15) is 0 Å². The Labute approximate surface area is 120 Å². The summed E-state index contributed by atoms with van der Waals surface area (Å²) in [6, 6.07) is 11.5. The summed E-state index contributed by atoms with van der Waals surface area (Å²) in [5.74, 6) is 0.574. The van der Waals surface area contributed by atoms with Gasteiger partial charge in [-0.25, -0.2) is 4.98 Å². The molecule has 0 saturated heterocycles. The van der Waals surface area contributed by atoms with Crippen LogP contribution in [0.2, 0.25) is 0 Å². The number of thiocarbonyl (C=S) groups is 1. The molecule has 100 valence electrons. The van der Waals surface area contributed by atoms with E-state index in [4.69, 9.17) is 12.2 Å². The zero-order valence-corrected chi connectivity index (χ0v) is 11.2. The van der Waals surface area contributed by atoms with Crippen LogP contribution in [0.5, 0.6) is 0 Å². The monoisotopic (exact) mass is 284 g/mol. The quantitative estimate of drug-likeness (QED) is 0.436. The summed E-state index contributed by atoms with van der Waals surface area (Å²) in [6.45, 7) is 0. The van der Waals surface area contributed by atoms with Crippen LogP contribution in [0.4, 0.5) is 11.6 Å². The van der Waals surface area contributed by atoms with Crippen molar-refractivity contribution in [3.63, 3.8) is 0 Å². The predicted molar refractivity (Wildman–Crippen MR) is 83.3 cm³/mol. The molecule has 4 N–H and O–H groups in total. The second-order valence-corrected chi connectivity index (χ2v) is 4.46. The van der Waals surface area contributed by atoms with E-state index in [2.05, 4.69) is 31.1 Å². The number of hydrogen-bond donors (Lipinski definition) is 4. The van der Waals surface area contributed by atoms with Crippen molar-refractivity contribution in [3.8, 4) is 0 Å². The van der Waals surface area contributed by atoms with E-state index in [1.807, 2.05) is 36.4 Å². The Kier molecular flexibility index (Phi) is 3.42. The number of aromatic nitrogens is 3. The number of nitrogens with one attached hydrogen (secondary N) is 4. The number of benzene rings is 1. The normalized spacial score (nSPS) is 10.2. The first-order valence-electron chi connectivity index (χ1n) is 5.99. The zero-order valence-electron chi connectivity index (χ0n) is 10.4. The molecule has 0 aliphatic rings. The molecule has 6 nitrogen and oxygen atoms in total. The van der Waals surface area contributed by atoms with Gasteiger partial charge in [-0.15, -0.1) is 0 Å². The van der Waals surface area contributed by atoms with Crippen molar-refractivity contribution >= 4 is 40.0 Å². The van der Waals surface area contributed by atoms with Gasteiger partial charge in [0, 0.05) is 11.9 Å². The summed E-state index contributed by atoms with van der Waals surface area (Å²) in [5, 5.41) is 3.50. The Hall–Kier alpha value is -2.67. The summed E-state index contributed by atoms with van der Waals surface area (Å²) in [7, 11) is 0. The maximum atomic E-state index is 5.18. The average molecular weight is 284 g/mol. The number of fused-ring (bicyclic) bond motifs is 1. The molecule has 1 aromatic carbocycles. The van der Waals surface area contributed by atoms with E-state index >= 15 is 0 Å². The van der Waals surface area contributed by atoms with E-state index in [-0.39, 0.29) is 0 Å². The van der Waals surface area contributed by atoms with Crippen LogP contribution in [0.25, 0.3) is 11.0 Å². The summed E-state index contributed by atoms with van der Waals surface area (Å²) < 4.78 is 0. The van der Waals surface area contributed by atoms with Crippen LogP contribution in [0, 0.1) is 0 Å². The molecular weight excluding hydrogens is 272 g/mol. The smallest absolute Gasteiger partial charge is 0.220 e. The Balaban J connectivity index is 1.60. The second kappa shape index (κ2) is 5.54. The molecule has 2 aromatic heterocycles. The lowest BCUT2D eigenvalue weighted by atomic mass is 10.3. The average Bonchev–Trinajstić information content (AvgIpc) is 2.89. The molecule has 0 fully saturated rings. The van der Waals surface area contributed by atoms with Gasteiger partial charge >= 0.3 is 0 Å². The van der Waals surface area contributed by atoms with Crippen molar-refractivity contribution in [2.24, 2.45) is 0 Å². The van der Waals surface area contributed by atoms with Crippen LogP contribution in [-0.2, 0) is 0 Å². The van der Waals surface area contributed by atoms with E-state index in [0.29, 0.717) is 11.1 Å². The van der Waals surface area contributed by atoms with Crippen molar-refractivity contribution < 1.29 is 0 Å². The van der Waals surface area contributed by atoms with Crippen LogP contribution in [-0.4, -0.2) is 20.1 Å². The standard InChI is InChI=1S/C13H12N6S/c20-13(15-9-4-2-1-3-5-9)19-18-12-16-10-6-7-14-8-11(10)17-12/h1-8H,(H2,15,19,20)(H2,16,17,18). The van der Waals surface area contributed by atoms with Gasteiger partial charge in [-0.1, -0.05) is 18.2 Å². The van der Waals surface area contributed by atoms with Crippen molar-refractivity contribution in [2.75, 3.05) is 10.7 Å². The van der Waals surface area contributed by atoms with Gasteiger partial charge in [-0.2, -0.15) is 0 Å². The number of hydrogen-bond acceptors (Lipinski definition) is 4. The number of imidazole rings is 1. The van der Waals surface area contributed by atoms with Gasteiger partial charge in [0.25, 0.3) is 0 Å². The van der Waals surface area contributed by atoms with Gasteiger partial charge in [0.15, 0.2) is 5.11 Å². The van der Waals surface area contributed by atoms with E-state index in [0.717, 1.165) is 16.7 Å². The molecule has 0 amide bonds. The van der Waals surface area contributed by atoms with Crippen LogP contribution in [0.3, 0.4) is 0 Å². The highest BCUT2D eigenvalue weighted by Gasteiger charge is 2.02. The Morgan fingerprint density at radius 3 is 2.80 bits per heavy atom. The molecule has 0 atom stereocenters. The molecule has 0 radical (unpaired) electrons. The summed E-state index contributed by atoms with van der Waals surface area (Å²) in [6.07, 6.45) is 3.41. The van der Waals surface area contributed by atoms with Gasteiger partial charge in [-0.3, -0.25) is 15.8 Å². The lowest BCUT2D eigenvalue weighted by Gasteiger charge is -2.10. The number of H-pyrrole nitrogens is 1. The molecular formula is C13H12N6S. The molecule has 0 aliphatic carbocycles. The number of aromatic amines is 1. The molecule has 2 heterocycles. The minimum absolute atomic E-state index is 0.454. The highest BCUT2D eigenvalue weighted by Crippen LogP contribution is 2.11. The first-order chi connectivity index (χ1) is 9.81. The molecule has 0 aliphatic heterocycles. The fraction of sp³-hybridized carbons (Fsp3) is 0. The van der Waals surface area contributed by atoms with Crippen molar-refractivity contribution in [2.45, 2.75) is 0 Å². The molecule has 0 spiro atoms. The lowest BCUT2D eigenvalue weighted by Crippen LogP contribution is -2.33. The number of nitrogens with zero attached hydrogens (tertiary/aromatic N) is 2. The Bertz CT molecular complexity index is 691. The van der Waals surface area contributed by atoms with Crippen molar-refractivity contribution in [1.82, 2.24) is 20.4 Å². The topological polar surface area (TPSA) is 77.7 Å². The highest BCUT2D eigenvalue weighted by molar-refractivity contribution is 7.80. The van der Waals surface area contributed by atoms with Crippen LogP contribution >= 0.6 is 12.2 Å². The van der Waals surface area contributed by atoms with E-state index in [1.165, 1.54) is 0 Å². The Morgan fingerprint density at radius 1 is 1.15 bits per heavy atom. The summed E-state index contributed by atoms with van der Waals surface area (Å²) in [4.78, 5) is 11.4. The van der Waals surface area contributed by atoms with Crippen LogP contribution in [0.1, 0.15) is 0 Å². The van der Waals surface area contributed by atoms with Gasteiger partial charge in [-0.05, 0) is 30.4 Å². The van der Waals surface area contributed by atoms with Crippen molar-refractivity contribution in [1.29, 1.82) is 0 Å². The van der Waals surface area contributed by atoms with Crippen molar-refractivity contribution in [3.05, 3.63) is 48.8 Å². The van der Waals surface area contributed by atoms with Gasteiger partial charge in [0.1, 0.15) is 0 Å². The lowest BCUT2D eigenvalue weighted by molar-refractivity contribution is 1.08. The number of rotatable bonds is 3. The number of para-hydroxylation sites is 1. The minimum atomic E-state index is 0.454. The summed E-state index contributed by atoms with van der Waals surface area (Å²) in [5.41, 5.74) is 8.39. The molecule has 3 rings (SSSR count). The van der Waals surface area contributed by atoms with E-state index < -0.39 is 0 Å². The highest BCUT2D eigenvalue weighted by atomic mass is 32.1. The third-order valence-electron chi connectivity index (χ3n) is 2.61. The van der Waals surface area contributed by atoms with Gasteiger partial charge in [0.2, 0.25) is 5.95 Å². The van der Waals surface area contributed by atoms with Crippen LogP contribution in [0.15, 0.2) is 48.8 Å². The number of hydrazine groups is 1. The largest absolute Gasteiger partial charge is 0.331 e. The molecule has 20 heavy (non-hydrogen) atoms. The zero-order chi connectivity index (χ0) is 13.8. The second-order valence-electron chi connectivity index (χ2n) is 4.05. The van der Waals surface area contributed by atoms with Gasteiger partial charge < -0.3 is 10.3 Å². The first-order valence-corrected chi connectivity index (χ1v) is 6.40. The predicted octanol–water partition coefficient (Wildman–Crippen LogP) is 2.27. The number of pyridine rings is 1. The maximum Gasteiger partial charge on any atom is 0.220 e. The van der Waals surface area contributed by atoms with Gasteiger partial charge in [0.05, 0.1) is 17.2 Å². The molecule has 0 saturated carbocycles. The van der Waals surface area contributed by atoms with E-state index in [1.54, 1.807) is 12.4 Å². The van der Waals surface area contributed by atoms with Crippen LogP contribution < -0.4 is 16.2 Å². The third-order valence-corrected chi connectivity index (χ3v) is 2.81. The third kappa shape index (κ3) is 2.83. The first kappa shape index (κ1) is 12.4.